The van der Waals surface area contributed by atoms with E-state index in [1.807, 2.05) is 35.4 Å². The van der Waals surface area contributed by atoms with Gasteiger partial charge < -0.3 is 4.74 Å². The molecule has 0 N–H and O–H groups in total. The van der Waals surface area contributed by atoms with Crippen LogP contribution in [0.2, 0.25) is 0 Å². The number of fused-ring (bicyclic) bond motifs is 2. The highest BCUT2D eigenvalue weighted by Crippen LogP contribution is 2.45. The zero-order valence-electron chi connectivity index (χ0n) is 12.5. The molecule has 0 radical (unpaired) electrons. The molecule has 5 heteroatoms. The fraction of sp³-hybridized carbons (Fsp3) is 0.278. The highest BCUT2D eigenvalue weighted by atomic mass is 19.1. The number of hydrogen-bond donors (Lipinski definition) is 0. The average molecular weight is 313 g/mol. The molecule has 0 bridgehead atoms. The predicted molar refractivity (Wildman–Crippen MR) is 81.1 cm³/mol. The standard InChI is InChI=1S/C18H16FNO3/c19-14-6-7-16-15(8-14)18(9-17(21)23-16)11-20(12-18)22-10-13-4-2-1-3-5-13/h1-8H,9-12H2. The monoisotopic (exact) mass is 313 g/mol. The first-order chi connectivity index (χ1) is 11.1. The van der Waals surface area contributed by atoms with Gasteiger partial charge in [-0.2, -0.15) is 5.06 Å². The number of rotatable bonds is 3. The number of carbonyl (C=O) groups is 1. The first-order valence-electron chi connectivity index (χ1n) is 7.57. The minimum atomic E-state index is -0.399. The molecule has 2 heterocycles. The molecule has 0 aromatic heterocycles. The van der Waals surface area contributed by atoms with Gasteiger partial charge in [0.2, 0.25) is 0 Å². The zero-order valence-corrected chi connectivity index (χ0v) is 12.5. The van der Waals surface area contributed by atoms with E-state index in [2.05, 4.69) is 0 Å². The molecular weight excluding hydrogens is 297 g/mol. The molecule has 0 unspecified atom stereocenters. The van der Waals surface area contributed by atoms with Gasteiger partial charge in [-0.05, 0) is 23.8 Å². The summed E-state index contributed by atoms with van der Waals surface area (Å²) in [5, 5.41) is 1.82. The van der Waals surface area contributed by atoms with E-state index in [0.29, 0.717) is 25.4 Å². The minimum Gasteiger partial charge on any atom is -0.426 e. The molecule has 4 rings (SSSR count). The lowest BCUT2D eigenvalue weighted by molar-refractivity contribution is -0.240. The summed E-state index contributed by atoms with van der Waals surface area (Å²) in [5.41, 5.74) is 1.45. The summed E-state index contributed by atoms with van der Waals surface area (Å²) in [6.45, 7) is 1.61. The normalized spacial score (nSPS) is 19.1. The molecule has 0 saturated carbocycles. The van der Waals surface area contributed by atoms with Crippen molar-refractivity contribution in [3.8, 4) is 5.75 Å². The van der Waals surface area contributed by atoms with E-state index in [9.17, 15) is 9.18 Å². The van der Waals surface area contributed by atoms with Crippen molar-refractivity contribution >= 4 is 5.97 Å². The van der Waals surface area contributed by atoms with Crippen LogP contribution in [-0.4, -0.2) is 24.1 Å². The average Bonchev–Trinajstić information content (AvgIpc) is 2.52. The number of hydroxylamine groups is 2. The second-order valence-corrected chi connectivity index (χ2v) is 6.13. The van der Waals surface area contributed by atoms with Gasteiger partial charge >= 0.3 is 5.97 Å². The van der Waals surface area contributed by atoms with Crippen molar-refractivity contribution in [2.45, 2.75) is 18.4 Å². The number of ether oxygens (including phenoxy) is 1. The molecule has 1 spiro atoms. The topological polar surface area (TPSA) is 38.8 Å². The van der Waals surface area contributed by atoms with E-state index >= 15 is 0 Å². The van der Waals surface area contributed by atoms with Gasteiger partial charge in [0.15, 0.2) is 0 Å². The van der Waals surface area contributed by atoms with Gasteiger partial charge in [-0.15, -0.1) is 0 Å². The SMILES string of the molecule is O=C1CC2(CN(OCc3ccccc3)C2)c2cc(F)ccc2O1. The van der Waals surface area contributed by atoms with Gasteiger partial charge in [0.25, 0.3) is 0 Å². The summed E-state index contributed by atoms with van der Waals surface area (Å²) in [7, 11) is 0. The van der Waals surface area contributed by atoms with Gasteiger partial charge in [-0.25, -0.2) is 4.39 Å². The van der Waals surface area contributed by atoms with Crippen LogP contribution in [-0.2, 0) is 21.7 Å². The molecule has 23 heavy (non-hydrogen) atoms. The Bertz CT molecular complexity index is 741. The molecule has 0 atom stereocenters. The van der Waals surface area contributed by atoms with Crippen LogP contribution in [0.15, 0.2) is 48.5 Å². The van der Waals surface area contributed by atoms with Crippen LogP contribution in [0.5, 0.6) is 5.75 Å². The molecule has 2 aliphatic rings. The molecule has 2 aliphatic heterocycles. The van der Waals surface area contributed by atoms with Crippen LogP contribution in [0.25, 0.3) is 0 Å². The fourth-order valence-electron chi connectivity index (χ4n) is 3.28. The highest BCUT2D eigenvalue weighted by molar-refractivity contribution is 5.78. The molecule has 2 aromatic rings. The second kappa shape index (κ2) is 5.44. The van der Waals surface area contributed by atoms with Crippen molar-refractivity contribution in [1.82, 2.24) is 5.06 Å². The number of carbonyl (C=O) groups excluding carboxylic acids is 1. The van der Waals surface area contributed by atoms with Crippen LogP contribution >= 0.6 is 0 Å². The van der Waals surface area contributed by atoms with E-state index in [0.717, 1.165) is 11.1 Å². The quantitative estimate of drug-likeness (QED) is 0.645. The first kappa shape index (κ1) is 14.4. The smallest absolute Gasteiger partial charge is 0.312 e. The van der Waals surface area contributed by atoms with E-state index in [1.165, 1.54) is 18.2 Å². The lowest BCUT2D eigenvalue weighted by atomic mass is 9.71. The third-order valence-electron chi connectivity index (χ3n) is 4.43. The fourth-order valence-corrected chi connectivity index (χ4v) is 3.28. The van der Waals surface area contributed by atoms with Gasteiger partial charge in [-0.3, -0.25) is 9.63 Å². The summed E-state index contributed by atoms with van der Waals surface area (Å²) in [6.07, 6.45) is 0.259. The molecule has 4 nitrogen and oxygen atoms in total. The summed E-state index contributed by atoms with van der Waals surface area (Å²) in [4.78, 5) is 17.6. The van der Waals surface area contributed by atoms with E-state index in [4.69, 9.17) is 9.57 Å². The minimum absolute atomic E-state index is 0.259. The summed E-state index contributed by atoms with van der Waals surface area (Å²) in [6, 6.07) is 14.2. The van der Waals surface area contributed by atoms with Crippen LogP contribution in [0.1, 0.15) is 17.5 Å². The number of esters is 1. The van der Waals surface area contributed by atoms with Gasteiger partial charge in [0, 0.05) is 24.1 Å². The third-order valence-corrected chi connectivity index (χ3v) is 4.43. The van der Waals surface area contributed by atoms with Crippen molar-refractivity contribution in [2.24, 2.45) is 0 Å². The number of halogens is 1. The van der Waals surface area contributed by atoms with E-state index in [-0.39, 0.29) is 18.2 Å². The van der Waals surface area contributed by atoms with Gasteiger partial charge in [-0.1, -0.05) is 30.3 Å². The van der Waals surface area contributed by atoms with Crippen LogP contribution in [0.4, 0.5) is 4.39 Å². The van der Waals surface area contributed by atoms with Crippen molar-refractivity contribution < 1.29 is 18.8 Å². The molecule has 2 aromatic carbocycles. The van der Waals surface area contributed by atoms with Crippen molar-refractivity contribution in [3.63, 3.8) is 0 Å². The lowest BCUT2D eigenvalue weighted by Gasteiger charge is -2.50. The molecular formula is C18H16FNO3. The van der Waals surface area contributed by atoms with Crippen LogP contribution in [0.3, 0.4) is 0 Å². The Kier molecular flexibility index (Phi) is 3.39. The molecule has 1 saturated heterocycles. The maximum atomic E-state index is 13.6. The van der Waals surface area contributed by atoms with Crippen LogP contribution < -0.4 is 4.74 Å². The Hall–Kier alpha value is -2.24. The molecule has 1 fully saturated rings. The van der Waals surface area contributed by atoms with Gasteiger partial charge in [0.05, 0.1) is 13.0 Å². The molecule has 0 amide bonds. The first-order valence-corrected chi connectivity index (χ1v) is 7.57. The number of benzene rings is 2. The second-order valence-electron chi connectivity index (χ2n) is 6.13. The Balaban J connectivity index is 1.47. The number of nitrogens with zero attached hydrogens (tertiary/aromatic N) is 1. The lowest BCUT2D eigenvalue weighted by Crippen LogP contribution is -2.61. The molecule has 0 aliphatic carbocycles. The van der Waals surface area contributed by atoms with Crippen molar-refractivity contribution in [2.75, 3.05) is 13.1 Å². The summed E-state index contributed by atoms with van der Waals surface area (Å²) in [5.74, 6) is -0.123. The van der Waals surface area contributed by atoms with Crippen molar-refractivity contribution in [1.29, 1.82) is 0 Å². The van der Waals surface area contributed by atoms with Crippen LogP contribution in [0, 0.1) is 5.82 Å². The summed E-state index contributed by atoms with van der Waals surface area (Å²) < 4.78 is 18.8. The Labute approximate surface area is 133 Å². The van der Waals surface area contributed by atoms with E-state index in [1.54, 1.807) is 0 Å². The maximum Gasteiger partial charge on any atom is 0.312 e. The third kappa shape index (κ3) is 2.62. The number of hydrogen-bond acceptors (Lipinski definition) is 4. The Morgan fingerprint density at radius 1 is 1.17 bits per heavy atom. The van der Waals surface area contributed by atoms with Gasteiger partial charge in [0.1, 0.15) is 11.6 Å². The largest absolute Gasteiger partial charge is 0.426 e. The molecule has 118 valence electrons. The maximum absolute atomic E-state index is 13.6. The van der Waals surface area contributed by atoms with Crippen molar-refractivity contribution in [3.05, 3.63) is 65.5 Å². The summed E-state index contributed by atoms with van der Waals surface area (Å²) >= 11 is 0. The predicted octanol–water partition coefficient (Wildman–Crippen LogP) is 2.82. The van der Waals surface area contributed by atoms with E-state index < -0.39 is 5.41 Å². The Morgan fingerprint density at radius 3 is 2.74 bits per heavy atom. The zero-order chi connectivity index (χ0) is 15.9. The highest BCUT2D eigenvalue weighted by Gasteiger charge is 2.51. The Morgan fingerprint density at radius 2 is 1.96 bits per heavy atom.